The van der Waals surface area contributed by atoms with Crippen LogP contribution in [0.15, 0.2) is 36.5 Å². The van der Waals surface area contributed by atoms with Crippen molar-refractivity contribution in [3.8, 4) is 0 Å². The zero-order valence-corrected chi connectivity index (χ0v) is 13.1. The van der Waals surface area contributed by atoms with Crippen LogP contribution in [0.4, 0.5) is 0 Å². The summed E-state index contributed by atoms with van der Waals surface area (Å²) in [5, 5.41) is 0.467. The molecule has 0 unspecified atom stereocenters. The molecule has 0 fully saturated rings. The number of hydrogen-bond donors (Lipinski definition) is 0. The Morgan fingerprint density at radius 2 is 2.14 bits per heavy atom. The summed E-state index contributed by atoms with van der Waals surface area (Å²) in [6.45, 7) is 2.49. The number of carbonyl (C=O) groups is 1. The molecule has 114 valence electrons. The van der Waals surface area contributed by atoms with E-state index in [1.54, 1.807) is 0 Å². The van der Waals surface area contributed by atoms with Crippen molar-refractivity contribution in [2.24, 2.45) is 0 Å². The van der Waals surface area contributed by atoms with Crippen molar-refractivity contribution in [2.45, 2.75) is 19.5 Å². The number of esters is 1. The molecule has 0 N–H and O–H groups in total. The summed E-state index contributed by atoms with van der Waals surface area (Å²) in [7, 11) is 1.35. The van der Waals surface area contributed by atoms with Crippen LogP contribution in [-0.4, -0.2) is 29.5 Å². The van der Waals surface area contributed by atoms with Gasteiger partial charge in [-0.05, 0) is 5.56 Å². The van der Waals surface area contributed by atoms with Gasteiger partial charge in [-0.15, -0.1) is 0 Å². The highest BCUT2D eigenvalue weighted by atomic mass is 35.5. The molecule has 0 saturated heterocycles. The largest absolute Gasteiger partial charge is 0.465 e. The second-order valence-electron chi connectivity index (χ2n) is 5.35. The molecule has 0 saturated carbocycles. The lowest BCUT2D eigenvalue weighted by Gasteiger charge is -2.29. The summed E-state index contributed by atoms with van der Waals surface area (Å²) < 4.78 is 4.75. The number of ether oxygens (including phenoxy) is 1. The Morgan fingerprint density at radius 1 is 1.36 bits per heavy atom. The van der Waals surface area contributed by atoms with Crippen molar-refractivity contribution in [1.29, 1.82) is 0 Å². The molecule has 1 aromatic carbocycles. The predicted molar refractivity (Wildman–Crippen MR) is 84.8 cm³/mol. The topological polar surface area (TPSA) is 42.4 Å². The van der Waals surface area contributed by atoms with Crippen LogP contribution in [0.2, 0.25) is 5.02 Å². The summed E-state index contributed by atoms with van der Waals surface area (Å²) >= 11 is 6.40. The third-order valence-electron chi connectivity index (χ3n) is 3.90. The number of halogens is 1. The van der Waals surface area contributed by atoms with Gasteiger partial charge in [0, 0.05) is 43.5 Å². The number of pyridine rings is 1. The molecule has 1 aliphatic heterocycles. The second-order valence-corrected chi connectivity index (χ2v) is 5.73. The minimum Gasteiger partial charge on any atom is -0.465 e. The number of carbonyl (C=O) groups excluding carboxylic acids is 1. The molecule has 0 radical (unpaired) electrons. The lowest BCUT2D eigenvalue weighted by molar-refractivity contribution is 0.0600. The summed E-state index contributed by atoms with van der Waals surface area (Å²) in [5.41, 5.74) is 3.51. The van der Waals surface area contributed by atoms with Crippen molar-refractivity contribution < 1.29 is 9.53 Å². The Balaban J connectivity index is 1.83. The van der Waals surface area contributed by atoms with E-state index < -0.39 is 5.97 Å². The van der Waals surface area contributed by atoms with Crippen LogP contribution in [0.3, 0.4) is 0 Å². The molecule has 2 heterocycles. The van der Waals surface area contributed by atoms with Gasteiger partial charge in [-0.1, -0.05) is 41.9 Å². The zero-order chi connectivity index (χ0) is 15.5. The van der Waals surface area contributed by atoms with Gasteiger partial charge in [0.05, 0.1) is 17.7 Å². The molecule has 0 atom stereocenters. The lowest BCUT2D eigenvalue weighted by atomic mass is 10.0. The standard InChI is InChI=1S/C17H17ClN2O2/c1-22-17(21)13-9-19-15-7-8-20(11-14(15)16(13)18)10-12-5-3-2-4-6-12/h2-6,9H,7-8,10-11H2,1H3. The average molecular weight is 317 g/mol. The Bertz CT molecular complexity index is 689. The third kappa shape index (κ3) is 2.98. The summed E-state index contributed by atoms with van der Waals surface area (Å²) in [6, 6.07) is 10.3. The maximum absolute atomic E-state index is 11.7. The van der Waals surface area contributed by atoms with E-state index >= 15 is 0 Å². The molecule has 0 amide bonds. The SMILES string of the molecule is COC(=O)c1cnc2c(c1Cl)CN(Cc1ccccc1)CC2. The highest BCUT2D eigenvalue weighted by Crippen LogP contribution is 2.29. The van der Waals surface area contributed by atoms with Crippen LogP contribution in [0.5, 0.6) is 0 Å². The van der Waals surface area contributed by atoms with E-state index in [4.69, 9.17) is 16.3 Å². The Hall–Kier alpha value is -1.91. The molecule has 0 spiro atoms. The first kappa shape index (κ1) is 15.0. The number of hydrogen-bond acceptors (Lipinski definition) is 4. The van der Waals surface area contributed by atoms with Crippen LogP contribution < -0.4 is 0 Å². The second kappa shape index (κ2) is 6.46. The summed E-state index contributed by atoms with van der Waals surface area (Å²) in [4.78, 5) is 18.4. The van der Waals surface area contributed by atoms with Crippen molar-refractivity contribution >= 4 is 17.6 Å². The Kier molecular flexibility index (Phi) is 4.41. The molecule has 0 aliphatic carbocycles. The van der Waals surface area contributed by atoms with Gasteiger partial charge in [-0.25, -0.2) is 4.79 Å². The number of benzene rings is 1. The van der Waals surface area contributed by atoms with Crippen molar-refractivity contribution in [2.75, 3.05) is 13.7 Å². The van der Waals surface area contributed by atoms with E-state index in [2.05, 4.69) is 22.0 Å². The fraction of sp³-hybridized carbons (Fsp3) is 0.294. The first-order valence-corrected chi connectivity index (χ1v) is 7.57. The highest BCUT2D eigenvalue weighted by Gasteiger charge is 2.24. The van der Waals surface area contributed by atoms with Crippen molar-refractivity contribution in [3.05, 3.63) is 63.9 Å². The maximum atomic E-state index is 11.7. The molecule has 4 nitrogen and oxygen atoms in total. The number of aromatic nitrogens is 1. The molecule has 22 heavy (non-hydrogen) atoms. The van der Waals surface area contributed by atoms with Crippen LogP contribution in [0.25, 0.3) is 0 Å². The first-order chi connectivity index (χ1) is 10.7. The van der Waals surface area contributed by atoms with E-state index in [0.717, 1.165) is 30.8 Å². The third-order valence-corrected chi connectivity index (χ3v) is 4.33. The van der Waals surface area contributed by atoms with Gasteiger partial charge in [0.2, 0.25) is 0 Å². The molecule has 0 bridgehead atoms. The highest BCUT2D eigenvalue weighted by molar-refractivity contribution is 6.34. The van der Waals surface area contributed by atoms with Gasteiger partial charge in [0.1, 0.15) is 0 Å². The predicted octanol–water partition coefficient (Wildman–Crippen LogP) is 3.08. The van der Waals surface area contributed by atoms with E-state index in [9.17, 15) is 4.79 Å². The van der Waals surface area contributed by atoms with Crippen LogP contribution in [-0.2, 0) is 24.2 Å². The van der Waals surface area contributed by atoms with Crippen LogP contribution >= 0.6 is 11.6 Å². The Morgan fingerprint density at radius 3 is 2.86 bits per heavy atom. The molecular weight excluding hydrogens is 300 g/mol. The molecular formula is C17H17ClN2O2. The summed E-state index contributed by atoms with van der Waals surface area (Å²) in [6.07, 6.45) is 2.35. The van der Waals surface area contributed by atoms with Crippen LogP contribution in [0.1, 0.15) is 27.2 Å². The molecule has 5 heteroatoms. The van der Waals surface area contributed by atoms with Gasteiger partial charge in [0.15, 0.2) is 0 Å². The van der Waals surface area contributed by atoms with E-state index in [0.29, 0.717) is 17.1 Å². The van der Waals surface area contributed by atoms with Gasteiger partial charge in [-0.3, -0.25) is 9.88 Å². The quantitative estimate of drug-likeness (QED) is 0.816. The van der Waals surface area contributed by atoms with E-state index in [1.165, 1.54) is 18.9 Å². The monoisotopic (exact) mass is 316 g/mol. The van der Waals surface area contributed by atoms with E-state index in [-0.39, 0.29) is 0 Å². The van der Waals surface area contributed by atoms with Crippen molar-refractivity contribution in [1.82, 2.24) is 9.88 Å². The van der Waals surface area contributed by atoms with Gasteiger partial charge in [-0.2, -0.15) is 0 Å². The fourth-order valence-electron chi connectivity index (χ4n) is 2.74. The molecule has 2 aromatic rings. The minimum absolute atomic E-state index is 0.337. The normalized spacial score (nSPS) is 14.5. The zero-order valence-electron chi connectivity index (χ0n) is 12.4. The van der Waals surface area contributed by atoms with E-state index in [1.807, 2.05) is 18.2 Å². The molecule has 1 aromatic heterocycles. The maximum Gasteiger partial charge on any atom is 0.340 e. The number of nitrogens with zero attached hydrogens (tertiary/aromatic N) is 2. The smallest absolute Gasteiger partial charge is 0.340 e. The summed E-state index contributed by atoms with van der Waals surface area (Å²) in [5.74, 6) is -0.444. The van der Waals surface area contributed by atoms with Gasteiger partial charge < -0.3 is 4.74 Å². The van der Waals surface area contributed by atoms with Gasteiger partial charge >= 0.3 is 5.97 Å². The van der Waals surface area contributed by atoms with Crippen LogP contribution in [0, 0.1) is 0 Å². The number of rotatable bonds is 3. The fourth-order valence-corrected chi connectivity index (χ4v) is 3.03. The van der Waals surface area contributed by atoms with Crippen molar-refractivity contribution in [3.63, 3.8) is 0 Å². The average Bonchev–Trinajstić information content (AvgIpc) is 2.56. The molecule has 3 rings (SSSR count). The van der Waals surface area contributed by atoms with Gasteiger partial charge in [0.25, 0.3) is 0 Å². The lowest BCUT2D eigenvalue weighted by Crippen LogP contribution is -2.31. The Labute approximate surface area is 134 Å². The number of methoxy groups -OCH3 is 1. The molecule has 1 aliphatic rings. The minimum atomic E-state index is -0.444. The number of fused-ring (bicyclic) bond motifs is 1. The first-order valence-electron chi connectivity index (χ1n) is 7.20.